The van der Waals surface area contributed by atoms with E-state index in [0.717, 1.165) is 0 Å². The van der Waals surface area contributed by atoms with Gasteiger partial charge < -0.3 is 15.4 Å². The molecule has 5 nitrogen and oxygen atoms in total. The molecule has 0 aliphatic heterocycles. The molecule has 3 N–H and O–H groups in total. The van der Waals surface area contributed by atoms with Gasteiger partial charge in [-0.3, -0.25) is 0 Å². The highest BCUT2D eigenvalue weighted by Gasteiger charge is 2.16. The van der Waals surface area contributed by atoms with Gasteiger partial charge in [-0.25, -0.2) is 4.39 Å². The van der Waals surface area contributed by atoms with E-state index in [1.165, 1.54) is 6.07 Å². The summed E-state index contributed by atoms with van der Waals surface area (Å²) in [6.45, 7) is 0.307. The lowest BCUT2D eigenvalue weighted by molar-refractivity contribution is 0.127. The number of aliphatic hydroxyl groups is 1. The molecule has 0 aliphatic carbocycles. The Hall–Kier alpha value is -1.50. The summed E-state index contributed by atoms with van der Waals surface area (Å²) in [6, 6.07) is 4.70. The van der Waals surface area contributed by atoms with Crippen LogP contribution >= 0.6 is 11.6 Å². The van der Waals surface area contributed by atoms with Crippen LogP contribution in [-0.4, -0.2) is 21.8 Å². The molecule has 1 aromatic carbocycles. The van der Waals surface area contributed by atoms with Crippen molar-refractivity contribution in [2.75, 3.05) is 6.54 Å². The summed E-state index contributed by atoms with van der Waals surface area (Å²) >= 11 is 5.68. The number of halogens is 2. The number of aliphatic hydroxyl groups excluding tert-OH is 1. The zero-order chi connectivity index (χ0) is 13.8. The van der Waals surface area contributed by atoms with Crippen molar-refractivity contribution >= 4 is 11.6 Å². The van der Waals surface area contributed by atoms with Crippen LogP contribution in [0.25, 0.3) is 0 Å². The minimum absolute atomic E-state index is 0.0457. The van der Waals surface area contributed by atoms with Gasteiger partial charge in [0, 0.05) is 6.42 Å². The van der Waals surface area contributed by atoms with Crippen molar-refractivity contribution in [3.63, 3.8) is 0 Å². The van der Waals surface area contributed by atoms with E-state index in [4.69, 9.17) is 21.9 Å². The third-order valence-corrected chi connectivity index (χ3v) is 2.88. The Morgan fingerprint density at radius 1 is 1.47 bits per heavy atom. The van der Waals surface area contributed by atoms with Crippen LogP contribution in [0.3, 0.4) is 0 Å². The van der Waals surface area contributed by atoms with Gasteiger partial charge in [0.1, 0.15) is 11.9 Å². The molecule has 7 heteroatoms. The molecular formula is C12H13ClFN3O2. The lowest BCUT2D eigenvalue weighted by Crippen LogP contribution is -2.07. The summed E-state index contributed by atoms with van der Waals surface area (Å²) in [5.41, 5.74) is 5.69. The molecule has 0 aliphatic rings. The molecule has 102 valence electrons. The Labute approximate surface area is 114 Å². The van der Waals surface area contributed by atoms with Crippen LogP contribution in [0.4, 0.5) is 4.39 Å². The molecule has 2 aromatic rings. The standard InChI is InChI=1S/C12H13ClFN3O2/c13-8-3-1-2-7(11(8)14)6-10-16-12(19-17-10)9(18)4-5-15/h1-3,9,18H,4-6,15H2/t9-/m0/s1. The Kier molecular flexibility index (Phi) is 4.47. The largest absolute Gasteiger partial charge is 0.383 e. The van der Waals surface area contributed by atoms with Crippen LogP contribution < -0.4 is 5.73 Å². The quantitative estimate of drug-likeness (QED) is 0.875. The van der Waals surface area contributed by atoms with Crippen LogP contribution in [0.2, 0.25) is 5.02 Å². The number of aromatic nitrogens is 2. The van der Waals surface area contributed by atoms with E-state index in [1.807, 2.05) is 0 Å². The lowest BCUT2D eigenvalue weighted by atomic mass is 10.1. The van der Waals surface area contributed by atoms with Gasteiger partial charge >= 0.3 is 0 Å². The highest BCUT2D eigenvalue weighted by atomic mass is 35.5. The van der Waals surface area contributed by atoms with Crippen LogP contribution in [-0.2, 0) is 6.42 Å². The van der Waals surface area contributed by atoms with E-state index in [2.05, 4.69) is 10.1 Å². The summed E-state index contributed by atoms with van der Waals surface area (Å²) in [5, 5.41) is 13.4. The van der Waals surface area contributed by atoms with Gasteiger partial charge in [-0.05, 0) is 24.6 Å². The van der Waals surface area contributed by atoms with Gasteiger partial charge in [0.25, 0.3) is 5.89 Å². The van der Waals surface area contributed by atoms with Crippen molar-refractivity contribution in [1.29, 1.82) is 0 Å². The molecule has 19 heavy (non-hydrogen) atoms. The maximum absolute atomic E-state index is 13.7. The molecule has 1 heterocycles. The van der Waals surface area contributed by atoms with Gasteiger partial charge in [-0.1, -0.05) is 28.9 Å². The fourth-order valence-electron chi connectivity index (χ4n) is 1.61. The number of benzene rings is 1. The van der Waals surface area contributed by atoms with Crippen molar-refractivity contribution in [3.05, 3.63) is 46.3 Å². The lowest BCUT2D eigenvalue weighted by Gasteiger charge is -2.02. The minimum atomic E-state index is -0.893. The van der Waals surface area contributed by atoms with Gasteiger partial charge in [0.2, 0.25) is 0 Å². The molecular weight excluding hydrogens is 273 g/mol. The molecule has 0 unspecified atom stereocenters. The van der Waals surface area contributed by atoms with Crippen LogP contribution in [0.15, 0.2) is 22.7 Å². The minimum Gasteiger partial charge on any atom is -0.383 e. The van der Waals surface area contributed by atoms with Crippen molar-refractivity contribution in [2.24, 2.45) is 5.73 Å². The molecule has 0 fully saturated rings. The van der Waals surface area contributed by atoms with Crippen molar-refractivity contribution in [2.45, 2.75) is 18.9 Å². The maximum atomic E-state index is 13.7. The number of rotatable bonds is 5. The van der Waals surface area contributed by atoms with Gasteiger partial charge in [-0.2, -0.15) is 4.98 Å². The summed E-state index contributed by atoms with van der Waals surface area (Å²) in [5.74, 6) is -0.131. The SMILES string of the molecule is NCC[C@H](O)c1nc(Cc2cccc(Cl)c2F)no1. The Bertz CT molecular complexity index is 562. The molecule has 2 rings (SSSR count). The first-order valence-electron chi connectivity index (χ1n) is 5.75. The monoisotopic (exact) mass is 285 g/mol. The molecule has 0 bridgehead atoms. The predicted octanol–water partition coefficient (Wildman–Crippen LogP) is 1.84. The Morgan fingerprint density at radius 2 is 2.26 bits per heavy atom. The van der Waals surface area contributed by atoms with E-state index in [0.29, 0.717) is 18.5 Å². The molecule has 0 saturated carbocycles. The summed E-state index contributed by atoms with van der Waals surface area (Å²) in [4.78, 5) is 4.00. The third-order valence-electron chi connectivity index (χ3n) is 2.59. The highest BCUT2D eigenvalue weighted by molar-refractivity contribution is 6.30. The van der Waals surface area contributed by atoms with E-state index in [9.17, 15) is 9.50 Å². The van der Waals surface area contributed by atoms with Gasteiger partial charge in [0.15, 0.2) is 5.82 Å². The fourth-order valence-corrected chi connectivity index (χ4v) is 1.81. The normalized spacial score (nSPS) is 12.6. The number of hydrogen-bond acceptors (Lipinski definition) is 5. The van der Waals surface area contributed by atoms with Crippen LogP contribution in [0, 0.1) is 5.82 Å². The molecule has 0 saturated heterocycles. The van der Waals surface area contributed by atoms with Gasteiger partial charge in [-0.15, -0.1) is 0 Å². The molecule has 1 atom stereocenters. The average molecular weight is 286 g/mol. The molecule has 0 amide bonds. The second-order valence-corrected chi connectivity index (χ2v) is 4.44. The molecule has 1 aromatic heterocycles. The first kappa shape index (κ1) is 13.9. The second-order valence-electron chi connectivity index (χ2n) is 4.03. The topological polar surface area (TPSA) is 85.2 Å². The number of hydrogen-bond donors (Lipinski definition) is 2. The fraction of sp³-hybridized carbons (Fsp3) is 0.333. The zero-order valence-electron chi connectivity index (χ0n) is 10.0. The van der Waals surface area contributed by atoms with E-state index in [1.54, 1.807) is 12.1 Å². The van der Waals surface area contributed by atoms with Crippen LogP contribution in [0.5, 0.6) is 0 Å². The Morgan fingerprint density at radius 3 is 3.00 bits per heavy atom. The summed E-state index contributed by atoms with van der Waals surface area (Å²) in [6.07, 6.45) is -0.422. The third kappa shape index (κ3) is 3.28. The molecule has 0 spiro atoms. The summed E-state index contributed by atoms with van der Waals surface area (Å²) < 4.78 is 18.6. The Balaban J connectivity index is 2.14. The van der Waals surface area contributed by atoms with Crippen molar-refractivity contribution < 1.29 is 14.0 Å². The average Bonchev–Trinajstić information content (AvgIpc) is 2.84. The van der Waals surface area contributed by atoms with E-state index < -0.39 is 11.9 Å². The summed E-state index contributed by atoms with van der Waals surface area (Å²) in [7, 11) is 0. The number of nitrogens with zero attached hydrogens (tertiary/aromatic N) is 2. The first-order chi connectivity index (χ1) is 9.11. The van der Waals surface area contributed by atoms with Crippen LogP contribution in [0.1, 0.15) is 29.8 Å². The van der Waals surface area contributed by atoms with Crippen molar-refractivity contribution in [1.82, 2.24) is 10.1 Å². The second kappa shape index (κ2) is 6.10. The first-order valence-corrected chi connectivity index (χ1v) is 6.13. The van der Waals surface area contributed by atoms with Crippen molar-refractivity contribution in [3.8, 4) is 0 Å². The van der Waals surface area contributed by atoms with Gasteiger partial charge in [0.05, 0.1) is 5.02 Å². The van der Waals surface area contributed by atoms with E-state index >= 15 is 0 Å². The zero-order valence-corrected chi connectivity index (χ0v) is 10.8. The van der Waals surface area contributed by atoms with E-state index in [-0.39, 0.29) is 23.2 Å². The highest BCUT2D eigenvalue weighted by Crippen LogP contribution is 2.20. The molecule has 0 radical (unpaired) electrons. The predicted molar refractivity (Wildman–Crippen MR) is 67.1 cm³/mol. The number of nitrogens with two attached hydrogens (primary N) is 1. The maximum Gasteiger partial charge on any atom is 0.255 e. The smallest absolute Gasteiger partial charge is 0.255 e.